The number of H-pyrrole nitrogens is 2. The number of nitrogens with zero attached hydrogens (tertiary/aromatic N) is 1. The highest BCUT2D eigenvalue weighted by Crippen LogP contribution is 2.36. The SMILES string of the molecule is O=c1[nH]c2ccc(CNC3CCN(c4ccc5c(c4)OCO5)CC3)cc2[nH]1. The maximum absolute atomic E-state index is 11.4. The molecule has 0 atom stereocenters. The summed E-state index contributed by atoms with van der Waals surface area (Å²) in [6.07, 6.45) is 2.19. The summed E-state index contributed by atoms with van der Waals surface area (Å²) in [7, 11) is 0. The molecule has 2 aliphatic rings. The van der Waals surface area contributed by atoms with Crippen molar-refractivity contribution in [1.82, 2.24) is 15.3 Å². The monoisotopic (exact) mass is 366 g/mol. The van der Waals surface area contributed by atoms with E-state index in [1.165, 1.54) is 11.3 Å². The van der Waals surface area contributed by atoms with Gasteiger partial charge in [-0.05, 0) is 42.7 Å². The zero-order valence-electron chi connectivity index (χ0n) is 15.0. The molecule has 140 valence electrons. The highest BCUT2D eigenvalue weighted by Gasteiger charge is 2.21. The van der Waals surface area contributed by atoms with E-state index in [4.69, 9.17) is 9.47 Å². The number of piperidine rings is 1. The molecule has 5 rings (SSSR count). The number of imidazole rings is 1. The van der Waals surface area contributed by atoms with Gasteiger partial charge in [0.1, 0.15) is 0 Å². The smallest absolute Gasteiger partial charge is 0.323 e. The maximum Gasteiger partial charge on any atom is 0.323 e. The van der Waals surface area contributed by atoms with E-state index in [-0.39, 0.29) is 5.69 Å². The molecule has 0 amide bonds. The van der Waals surface area contributed by atoms with Crippen molar-refractivity contribution in [3.8, 4) is 11.5 Å². The lowest BCUT2D eigenvalue weighted by Crippen LogP contribution is -2.42. The van der Waals surface area contributed by atoms with E-state index in [0.717, 1.165) is 55.0 Å². The third kappa shape index (κ3) is 3.26. The fourth-order valence-electron chi connectivity index (χ4n) is 3.88. The fourth-order valence-corrected chi connectivity index (χ4v) is 3.88. The number of fused-ring (bicyclic) bond motifs is 2. The summed E-state index contributed by atoms with van der Waals surface area (Å²) in [5, 5.41) is 3.65. The van der Waals surface area contributed by atoms with Gasteiger partial charge in [-0.3, -0.25) is 0 Å². The molecule has 3 aromatic rings. The van der Waals surface area contributed by atoms with Crippen molar-refractivity contribution < 1.29 is 9.47 Å². The van der Waals surface area contributed by atoms with Crippen LogP contribution >= 0.6 is 0 Å². The van der Waals surface area contributed by atoms with Crippen molar-refractivity contribution in [3.63, 3.8) is 0 Å². The molecule has 0 unspecified atom stereocenters. The largest absolute Gasteiger partial charge is 0.454 e. The molecule has 3 N–H and O–H groups in total. The van der Waals surface area contributed by atoms with Crippen LogP contribution in [0.5, 0.6) is 11.5 Å². The van der Waals surface area contributed by atoms with E-state index in [1.807, 2.05) is 18.2 Å². The first-order chi connectivity index (χ1) is 13.2. The highest BCUT2D eigenvalue weighted by atomic mass is 16.7. The number of nitrogens with one attached hydrogen (secondary N) is 3. The molecule has 7 heteroatoms. The minimum Gasteiger partial charge on any atom is -0.454 e. The summed E-state index contributed by atoms with van der Waals surface area (Å²) in [6.45, 7) is 3.15. The van der Waals surface area contributed by atoms with Crippen molar-refractivity contribution in [2.45, 2.75) is 25.4 Å². The molecule has 1 aromatic heterocycles. The molecule has 0 radical (unpaired) electrons. The average molecular weight is 366 g/mol. The first-order valence-corrected chi connectivity index (χ1v) is 9.33. The Balaban J connectivity index is 1.17. The molecule has 2 aliphatic heterocycles. The molecule has 0 aliphatic carbocycles. The van der Waals surface area contributed by atoms with Crippen LogP contribution in [0.4, 0.5) is 5.69 Å². The van der Waals surface area contributed by atoms with Gasteiger partial charge in [0.05, 0.1) is 11.0 Å². The second kappa shape index (κ2) is 6.66. The Labute approximate surface area is 156 Å². The maximum atomic E-state index is 11.4. The van der Waals surface area contributed by atoms with Gasteiger partial charge in [-0.15, -0.1) is 0 Å². The molecule has 7 nitrogen and oxygen atoms in total. The minimum absolute atomic E-state index is 0.161. The molecule has 1 fully saturated rings. The quantitative estimate of drug-likeness (QED) is 0.660. The van der Waals surface area contributed by atoms with E-state index >= 15 is 0 Å². The molecule has 1 saturated heterocycles. The number of anilines is 1. The predicted octanol–water partition coefficient (Wildman–Crippen LogP) is 2.34. The van der Waals surface area contributed by atoms with Gasteiger partial charge < -0.3 is 29.7 Å². The first-order valence-electron chi connectivity index (χ1n) is 9.33. The molecular weight excluding hydrogens is 344 g/mol. The van der Waals surface area contributed by atoms with Crippen molar-refractivity contribution in [2.75, 3.05) is 24.8 Å². The molecule has 0 saturated carbocycles. The zero-order chi connectivity index (χ0) is 18.2. The number of ether oxygens (including phenoxy) is 2. The third-order valence-corrected chi connectivity index (χ3v) is 5.39. The van der Waals surface area contributed by atoms with Crippen molar-refractivity contribution in [3.05, 3.63) is 52.4 Å². The van der Waals surface area contributed by atoms with Crippen molar-refractivity contribution >= 4 is 16.7 Å². The van der Waals surface area contributed by atoms with E-state index < -0.39 is 0 Å². The van der Waals surface area contributed by atoms with Gasteiger partial charge in [0.15, 0.2) is 11.5 Å². The second-order valence-corrected chi connectivity index (χ2v) is 7.14. The molecule has 0 spiro atoms. The summed E-state index contributed by atoms with van der Waals surface area (Å²) in [5.74, 6) is 1.67. The van der Waals surface area contributed by atoms with Gasteiger partial charge in [0.25, 0.3) is 0 Å². The van der Waals surface area contributed by atoms with Crippen LogP contribution in [-0.2, 0) is 6.54 Å². The fraction of sp³-hybridized carbons (Fsp3) is 0.350. The number of hydrogen-bond acceptors (Lipinski definition) is 5. The normalized spacial score (nSPS) is 17.0. The lowest BCUT2D eigenvalue weighted by Gasteiger charge is -2.34. The van der Waals surface area contributed by atoms with Gasteiger partial charge in [0.2, 0.25) is 6.79 Å². The number of rotatable bonds is 4. The van der Waals surface area contributed by atoms with Gasteiger partial charge in [0, 0.05) is 37.4 Å². The van der Waals surface area contributed by atoms with Crippen LogP contribution in [0, 0.1) is 0 Å². The van der Waals surface area contributed by atoms with Gasteiger partial charge >= 0.3 is 5.69 Å². The summed E-state index contributed by atoms with van der Waals surface area (Å²) in [6, 6.07) is 12.7. The number of benzene rings is 2. The van der Waals surface area contributed by atoms with Crippen molar-refractivity contribution in [2.24, 2.45) is 0 Å². The van der Waals surface area contributed by atoms with Crippen LogP contribution in [0.1, 0.15) is 18.4 Å². The summed E-state index contributed by atoms with van der Waals surface area (Å²) in [5.41, 5.74) is 3.92. The van der Waals surface area contributed by atoms with Crippen molar-refractivity contribution in [1.29, 1.82) is 0 Å². The topological polar surface area (TPSA) is 82.4 Å². The number of aromatic nitrogens is 2. The Bertz CT molecular complexity index is 1020. The first kappa shape index (κ1) is 16.3. The number of hydrogen-bond donors (Lipinski definition) is 3. The molecule has 0 bridgehead atoms. The number of aromatic amines is 2. The van der Waals surface area contributed by atoms with E-state index in [0.29, 0.717) is 12.8 Å². The van der Waals surface area contributed by atoms with Gasteiger partial charge in [-0.25, -0.2) is 4.79 Å². The average Bonchev–Trinajstić information content (AvgIpc) is 3.31. The highest BCUT2D eigenvalue weighted by molar-refractivity contribution is 5.75. The Morgan fingerprint density at radius 2 is 1.81 bits per heavy atom. The van der Waals surface area contributed by atoms with Crippen LogP contribution in [0.25, 0.3) is 11.0 Å². The Morgan fingerprint density at radius 1 is 1.00 bits per heavy atom. The summed E-state index contributed by atoms with van der Waals surface area (Å²) >= 11 is 0. The van der Waals surface area contributed by atoms with E-state index in [2.05, 4.69) is 38.4 Å². The van der Waals surface area contributed by atoms with E-state index in [9.17, 15) is 4.79 Å². The lowest BCUT2D eigenvalue weighted by molar-refractivity contribution is 0.174. The third-order valence-electron chi connectivity index (χ3n) is 5.39. The second-order valence-electron chi connectivity index (χ2n) is 7.14. The van der Waals surface area contributed by atoms with Gasteiger partial charge in [-0.1, -0.05) is 6.07 Å². The summed E-state index contributed by atoms with van der Waals surface area (Å²) < 4.78 is 10.9. The van der Waals surface area contributed by atoms with Gasteiger partial charge in [-0.2, -0.15) is 0 Å². The molecule has 2 aromatic carbocycles. The molecule has 3 heterocycles. The van der Waals surface area contributed by atoms with Crippen LogP contribution in [0.15, 0.2) is 41.2 Å². The van der Waals surface area contributed by atoms with Crippen LogP contribution in [0.3, 0.4) is 0 Å². The lowest BCUT2D eigenvalue weighted by atomic mass is 10.0. The predicted molar refractivity (Wildman–Crippen MR) is 104 cm³/mol. The Hall–Kier alpha value is -2.93. The summed E-state index contributed by atoms with van der Waals surface area (Å²) in [4.78, 5) is 19.4. The minimum atomic E-state index is -0.161. The zero-order valence-corrected chi connectivity index (χ0v) is 15.0. The Morgan fingerprint density at radius 3 is 2.70 bits per heavy atom. The Kier molecular flexibility index (Phi) is 4.01. The molecule has 27 heavy (non-hydrogen) atoms. The van der Waals surface area contributed by atoms with Crippen LogP contribution < -0.4 is 25.4 Å². The van der Waals surface area contributed by atoms with Crippen LogP contribution in [0.2, 0.25) is 0 Å². The van der Waals surface area contributed by atoms with E-state index in [1.54, 1.807) is 0 Å². The molecular formula is C20H22N4O3. The van der Waals surface area contributed by atoms with Crippen LogP contribution in [-0.4, -0.2) is 35.9 Å². The standard InChI is InChI=1S/C20H22N4O3/c25-20-22-16-3-1-13(9-17(16)23-20)11-21-14-5-7-24(8-6-14)15-2-4-18-19(10-15)27-12-26-18/h1-4,9-10,14,21H,5-8,11-12H2,(H2,22,23,25).